The van der Waals surface area contributed by atoms with Crippen molar-refractivity contribution in [2.24, 2.45) is 0 Å². The van der Waals surface area contributed by atoms with E-state index < -0.39 is 0 Å². The predicted octanol–water partition coefficient (Wildman–Crippen LogP) is 4.47. The van der Waals surface area contributed by atoms with Crippen molar-refractivity contribution < 1.29 is 9.59 Å². The molecule has 0 bridgehead atoms. The van der Waals surface area contributed by atoms with Crippen molar-refractivity contribution >= 4 is 39.4 Å². The Morgan fingerprint density at radius 1 is 1.13 bits per heavy atom. The Hall–Kier alpha value is -2.20. The van der Waals surface area contributed by atoms with Crippen molar-refractivity contribution in [3.8, 4) is 0 Å². The van der Waals surface area contributed by atoms with E-state index >= 15 is 0 Å². The first kappa shape index (κ1) is 15.7. The second kappa shape index (κ2) is 6.92. The van der Waals surface area contributed by atoms with Crippen molar-refractivity contribution in [3.63, 3.8) is 0 Å². The summed E-state index contributed by atoms with van der Waals surface area (Å²) in [5.41, 5.74) is 2.36. The van der Waals surface area contributed by atoms with Crippen LogP contribution in [0.2, 0.25) is 0 Å². The zero-order chi connectivity index (χ0) is 16.2. The van der Waals surface area contributed by atoms with Crippen molar-refractivity contribution in [1.29, 1.82) is 0 Å². The molecule has 1 aliphatic rings. The first-order chi connectivity index (χ1) is 11.1. The highest BCUT2D eigenvalue weighted by Crippen LogP contribution is 2.22. The zero-order valence-corrected chi connectivity index (χ0v) is 14.1. The average molecular weight is 370 g/mol. The summed E-state index contributed by atoms with van der Waals surface area (Å²) < 4.78 is 1.00. The van der Waals surface area contributed by atoms with Gasteiger partial charge in [0.15, 0.2) is 5.78 Å². The number of anilines is 1. The number of carbonyl (C=O) groups excluding carboxylic acids is 2. The summed E-state index contributed by atoms with van der Waals surface area (Å²) in [5, 5.41) is 0. The number of amides is 1. The molecule has 0 atom stereocenters. The maximum absolute atomic E-state index is 12.3. The molecule has 2 aromatic carbocycles. The van der Waals surface area contributed by atoms with Crippen LogP contribution in [0.4, 0.5) is 5.69 Å². The zero-order valence-electron chi connectivity index (χ0n) is 12.5. The Labute approximate surface area is 143 Å². The van der Waals surface area contributed by atoms with Gasteiger partial charge in [-0.25, -0.2) is 0 Å². The third kappa shape index (κ3) is 3.77. The van der Waals surface area contributed by atoms with Gasteiger partial charge in [0, 0.05) is 28.7 Å². The minimum atomic E-state index is -0.0681. The fourth-order valence-electron chi connectivity index (χ4n) is 2.59. The molecule has 23 heavy (non-hydrogen) atoms. The molecule has 0 spiro atoms. The van der Waals surface area contributed by atoms with Crippen LogP contribution in [0.25, 0.3) is 6.08 Å². The van der Waals surface area contributed by atoms with Crippen LogP contribution in [-0.4, -0.2) is 18.2 Å². The topological polar surface area (TPSA) is 37.4 Å². The Bertz CT molecular complexity index is 765. The second-order valence-electron chi connectivity index (χ2n) is 5.45. The highest BCUT2D eigenvalue weighted by atomic mass is 79.9. The van der Waals surface area contributed by atoms with Crippen LogP contribution in [0.1, 0.15) is 28.8 Å². The monoisotopic (exact) mass is 369 g/mol. The third-order valence-electron chi connectivity index (χ3n) is 3.81. The van der Waals surface area contributed by atoms with E-state index in [2.05, 4.69) is 15.9 Å². The standard InChI is InChI=1S/C19H16BrNO2/c20-16-9-6-14(7-10-16)8-11-18(22)15-3-1-4-17(13-15)21-12-2-5-19(21)23/h1,3-4,6-11,13H,2,5,12H2. The van der Waals surface area contributed by atoms with Gasteiger partial charge >= 0.3 is 0 Å². The molecule has 0 N–H and O–H groups in total. The van der Waals surface area contributed by atoms with Crippen molar-refractivity contribution in [1.82, 2.24) is 0 Å². The highest BCUT2D eigenvalue weighted by Gasteiger charge is 2.21. The van der Waals surface area contributed by atoms with Gasteiger partial charge in [0.2, 0.25) is 5.91 Å². The van der Waals surface area contributed by atoms with Gasteiger partial charge in [0.25, 0.3) is 0 Å². The number of hydrogen-bond acceptors (Lipinski definition) is 2. The first-order valence-electron chi connectivity index (χ1n) is 7.52. The van der Waals surface area contributed by atoms with Crippen LogP contribution in [0.15, 0.2) is 59.1 Å². The largest absolute Gasteiger partial charge is 0.312 e. The van der Waals surface area contributed by atoms with Gasteiger partial charge in [-0.15, -0.1) is 0 Å². The second-order valence-corrected chi connectivity index (χ2v) is 6.36. The van der Waals surface area contributed by atoms with E-state index in [1.807, 2.05) is 36.4 Å². The van der Waals surface area contributed by atoms with E-state index in [1.54, 1.807) is 29.2 Å². The molecule has 1 heterocycles. The quantitative estimate of drug-likeness (QED) is 0.588. The Morgan fingerprint density at radius 3 is 2.61 bits per heavy atom. The van der Waals surface area contributed by atoms with Crippen LogP contribution >= 0.6 is 15.9 Å². The molecule has 0 saturated carbocycles. The molecule has 0 aromatic heterocycles. The number of rotatable bonds is 4. The normalized spacial score (nSPS) is 14.7. The summed E-state index contributed by atoms with van der Waals surface area (Å²) in [6.45, 7) is 0.727. The summed E-state index contributed by atoms with van der Waals surface area (Å²) in [7, 11) is 0. The molecule has 1 aliphatic heterocycles. The van der Waals surface area contributed by atoms with Crippen LogP contribution in [0.5, 0.6) is 0 Å². The lowest BCUT2D eigenvalue weighted by Gasteiger charge is -2.16. The average Bonchev–Trinajstić information content (AvgIpc) is 3.00. The number of halogens is 1. The molecular formula is C19H16BrNO2. The van der Waals surface area contributed by atoms with E-state index in [4.69, 9.17) is 0 Å². The summed E-state index contributed by atoms with van der Waals surface area (Å²) in [6, 6.07) is 15.0. The molecule has 0 aliphatic carbocycles. The lowest BCUT2D eigenvalue weighted by atomic mass is 10.1. The molecule has 116 valence electrons. The summed E-state index contributed by atoms with van der Waals surface area (Å²) in [4.78, 5) is 25.9. The molecule has 1 amide bonds. The van der Waals surface area contributed by atoms with Gasteiger partial charge in [0.05, 0.1) is 0 Å². The predicted molar refractivity (Wildman–Crippen MR) is 95.5 cm³/mol. The van der Waals surface area contributed by atoms with E-state index in [0.29, 0.717) is 12.0 Å². The number of nitrogens with zero attached hydrogens (tertiary/aromatic N) is 1. The highest BCUT2D eigenvalue weighted by molar-refractivity contribution is 9.10. The van der Waals surface area contributed by atoms with Gasteiger partial charge < -0.3 is 4.90 Å². The Morgan fingerprint density at radius 2 is 1.91 bits per heavy atom. The maximum Gasteiger partial charge on any atom is 0.227 e. The molecule has 3 nitrogen and oxygen atoms in total. The molecule has 1 saturated heterocycles. The summed E-state index contributed by atoms with van der Waals surface area (Å²) in [5.74, 6) is 0.0569. The van der Waals surface area contributed by atoms with Gasteiger partial charge in [-0.1, -0.05) is 46.3 Å². The molecule has 4 heteroatoms. The molecular weight excluding hydrogens is 354 g/mol. The number of ketones is 1. The van der Waals surface area contributed by atoms with Gasteiger partial charge in [-0.2, -0.15) is 0 Å². The van der Waals surface area contributed by atoms with E-state index in [9.17, 15) is 9.59 Å². The van der Waals surface area contributed by atoms with Gasteiger partial charge in [-0.05, 0) is 42.3 Å². The van der Waals surface area contributed by atoms with Crippen LogP contribution in [0, 0.1) is 0 Å². The lowest BCUT2D eigenvalue weighted by molar-refractivity contribution is -0.117. The number of benzene rings is 2. The minimum Gasteiger partial charge on any atom is -0.312 e. The molecule has 1 fully saturated rings. The van der Waals surface area contributed by atoms with Gasteiger partial charge in [0.1, 0.15) is 0 Å². The minimum absolute atomic E-state index is 0.0681. The van der Waals surface area contributed by atoms with Crippen LogP contribution in [0.3, 0.4) is 0 Å². The smallest absolute Gasteiger partial charge is 0.227 e. The Balaban J connectivity index is 1.77. The number of hydrogen-bond donors (Lipinski definition) is 0. The van der Waals surface area contributed by atoms with Crippen LogP contribution in [-0.2, 0) is 4.79 Å². The van der Waals surface area contributed by atoms with Crippen molar-refractivity contribution in [2.45, 2.75) is 12.8 Å². The number of carbonyl (C=O) groups is 2. The van der Waals surface area contributed by atoms with Crippen molar-refractivity contribution in [2.75, 3.05) is 11.4 Å². The third-order valence-corrected chi connectivity index (χ3v) is 4.34. The number of allylic oxidation sites excluding steroid dienone is 1. The van der Waals surface area contributed by atoms with E-state index in [1.165, 1.54) is 0 Å². The first-order valence-corrected chi connectivity index (χ1v) is 8.31. The van der Waals surface area contributed by atoms with E-state index in [0.717, 1.165) is 28.7 Å². The Kier molecular flexibility index (Phi) is 4.72. The van der Waals surface area contributed by atoms with Crippen LogP contribution < -0.4 is 4.90 Å². The fourth-order valence-corrected chi connectivity index (χ4v) is 2.85. The molecule has 0 radical (unpaired) electrons. The van der Waals surface area contributed by atoms with Crippen molar-refractivity contribution in [3.05, 3.63) is 70.2 Å². The van der Waals surface area contributed by atoms with Gasteiger partial charge in [-0.3, -0.25) is 9.59 Å². The fraction of sp³-hybridized carbons (Fsp3) is 0.158. The molecule has 0 unspecified atom stereocenters. The van der Waals surface area contributed by atoms with E-state index in [-0.39, 0.29) is 11.7 Å². The lowest BCUT2D eigenvalue weighted by Crippen LogP contribution is -2.23. The maximum atomic E-state index is 12.3. The summed E-state index contributed by atoms with van der Waals surface area (Å²) >= 11 is 3.38. The SMILES string of the molecule is O=C(C=Cc1ccc(Br)cc1)c1cccc(N2CCCC2=O)c1. The molecule has 3 rings (SSSR count). The summed E-state index contributed by atoms with van der Waals surface area (Å²) in [6.07, 6.45) is 4.82. The molecule has 2 aromatic rings.